The third-order valence-electron chi connectivity index (χ3n) is 5.38. The van der Waals surface area contributed by atoms with Gasteiger partial charge in [0.05, 0.1) is 17.7 Å². The number of benzene rings is 2. The standard InChI is InChI=1S/C24H26N2O5/c1-16-21(23(27)31-15-20-8-5-13-29-20)22(26-24(28)25-16)18-9-11-19(12-10-18)30-14-17-6-3-2-4-7-17/h2-4,6-7,9-12,20,22H,5,8,13-15H2,1H3,(H2,25,26,28)/t20-,22-/m1/s1. The Kier molecular flexibility index (Phi) is 6.52. The van der Waals surface area contributed by atoms with Gasteiger partial charge in [0.2, 0.25) is 0 Å². The summed E-state index contributed by atoms with van der Waals surface area (Å²) >= 11 is 0. The highest BCUT2D eigenvalue weighted by atomic mass is 16.6. The molecular weight excluding hydrogens is 396 g/mol. The van der Waals surface area contributed by atoms with Crippen LogP contribution in [0.1, 0.15) is 36.9 Å². The molecule has 7 heteroatoms. The number of hydrogen-bond acceptors (Lipinski definition) is 5. The lowest BCUT2D eigenvalue weighted by Crippen LogP contribution is -2.45. The highest BCUT2D eigenvalue weighted by Gasteiger charge is 2.32. The predicted octanol–water partition coefficient (Wildman–Crippen LogP) is 3.62. The van der Waals surface area contributed by atoms with Crippen molar-refractivity contribution in [1.82, 2.24) is 10.6 Å². The number of carbonyl (C=O) groups is 2. The van der Waals surface area contributed by atoms with E-state index in [0.717, 1.165) is 24.0 Å². The van der Waals surface area contributed by atoms with Crippen molar-refractivity contribution < 1.29 is 23.8 Å². The zero-order chi connectivity index (χ0) is 21.6. The molecular formula is C24H26N2O5. The molecule has 0 bridgehead atoms. The van der Waals surface area contributed by atoms with Gasteiger partial charge in [0.1, 0.15) is 19.0 Å². The second kappa shape index (κ2) is 9.66. The van der Waals surface area contributed by atoms with E-state index in [1.54, 1.807) is 6.92 Å². The van der Waals surface area contributed by atoms with Crippen LogP contribution in [0.3, 0.4) is 0 Å². The Labute approximate surface area is 181 Å². The van der Waals surface area contributed by atoms with Crippen molar-refractivity contribution in [1.29, 1.82) is 0 Å². The Morgan fingerprint density at radius 1 is 1.13 bits per heavy atom. The molecule has 0 radical (unpaired) electrons. The average Bonchev–Trinajstić information content (AvgIpc) is 3.30. The van der Waals surface area contributed by atoms with Crippen LogP contribution < -0.4 is 15.4 Å². The van der Waals surface area contributed by atoms with Crippen LogP contribution in [0.4, 0.5) is 4.79 Å². The topological polar surface area (TPSA) is 85.9 Å². The van der Waals surface area contributed by atoms with Gasteiger partial charge in [-0.1, -0.05) is 42.5 Å². The van der Waals surface area contributed by atoms with E-state index >= 15 is 0 Å². The maximum Gasteiger partial charge on any atom is 0.338 e. The summed E-state index contributed by atoms with van der Waals surface area (Å²) in [7, 11) is 0. The minimum Gasteiger partial charge on any atom is -0.489 e. The van der Waals surface area contributed by atoms with E-state index in [2.05, 4.69) is 10.6 Å². The third kappa shape index (κ3) is 5.24. The molecule has 7 nitrogen and oxygen atoms in total. The van der Waals surface area contributed by atoms with E-state index in [4.69, 9.17) is 14.2 Å². The summed E-state index contributed by atoms with van der Waals surface area (Å²) in [6.07, 6.45) is 1.80. The summed E-state index contributed by atoms with van der Waals surface area (Å²) in [5, 5.41) is 5.48. The number of ether oxygens (including phenoxy) is 3. The molecule has 1 saturated heterocycles. The maximum atomic E-state index is 12.8. The summed E-state index contributed by atoms with van der Waals surface area (Å²) in [5.41, 5.74) is 2.71. The van der Waals surface area contributed by atoms with E-state index in [0.29, 0.717) is 30.2 Å². The lowest BCUT2D eigenvalue weighted by atomic mass is 9.95. The van der Waals surface area contributed by atoms with Gasteiger partial charge in [-0.05, 0) is 43.0 Å². The van der Waals surface area contributed by atoms with Gasteiger partial charge in [-0.25, -0.2) is 9.59 Å². The summed E-state index contributed by atoms with van der Waals surface area (Å²) in [6, 6.07) is 16.3. The number of hydrogen-bond donors (Lipinski definition) is 2. The molecule has 4 rings (SSSR count). The fourth-order valence-electron chi connectivity index (χ4n) is 3.73. The van der Waals surface area contributed by atoms with Crippen LogP contribution in [-0.2, 0) is 20.9 Å². The smallest absolute Gasteiger partial charge is 0.338 e. The first-order valence-corrected chi connectivity index (χ1v) is 10.4. The molecule has 2 amide bonds. The van der Waals surface area contributed by atoms with E-state index in [-0.39, 0.29) is 18.7 Å². The Bertz CT molecular complexity index is 950. The van der Waals surface area contributed by atoms with Gasteiger partial charge in [0.25, 0.3) is 0 Å². The Hall–Kier alpha value is -3.32. The molecule has 0 aromatic heterocycles. The van der Waals surface area contributed by atoms with Crippen LogP contribution >= 0.6 is 0 Å². The molecule has 2 heterocycles. The number of esters is 1. The van der Waals surface area contributed by atoms with E-state index in [1.165, 1.54) is 0 Å². The van der Waals surface area contributed by atoms with E-state index in [1.807, 2.05) is 54.6 Å². The van der Waals surface area contributed by atoms with Gasteiger partial charge in [-0.3, -0.25) is 0 Å². The molecule has 1 fully saturated rings. The predicted molar refractivity (Wildman–Crippen MR) is 114 cm³/mol. The third-order valence-corrected chi connectivity index (χ3v) is 5.38. The summed E-state index contributed by atoms with van der Waals surface area (Å²) < 4.78 is 16.8. The second-order valence-electron chi connectivity index (χ2n) is 7.65. The maximum absolute atomic E-state index is 12.8. The Balaban J connectivity index is 1.45. The van der Waals surface area contributed by atoms with Gasteiger partial charge >= 0.3 is 12.0 Å². The molecule has 2 aromatic carbocycles. The quantitative estimate of drug-likeness (QED) is 0.666. The van der Waals surface area contributed by atoms with Crippen LogP contribution in [0.2, 0.25) is 0 Å². The number of rotatable bonds is 7. The fourth-order valence-corrected chi connectivity index (χ4v) is 3.73. The summed E-state index contributed by atoms with van der Waals surface area (Å²) in [6.45, 7) is 3.07. The number of carbonyl (C=O) groups excluding carboxylic acids is 2. The molecule has 0 saturated carbocycles. The van der Waals surface area contributed by atoms with Gasteiger partial charge in [-0.2, -0.15) is 0 Å². The van der Waals surface area contributed by atoms with Crippen molar-refractivity contribution in [2.24, 2.45) is 0 Å². The minimum atomic E-state index is -0.603. The zero-order valence-electron chi connectivity index (χ0n) is 17.4. The molecule has 2 aliphatic heterocycles. The monoisotopic (exact) mass is 422 g/mol. The Morgan fingerprint density at radius 3 is 2.61 bits per heavy atom. The van der Waals surface area contributed by atoms with Crippen LogP contribution in [0.25, 0.3) is 0 Å². The number of amides is 2. The molecule has 2 N–H and O–H groups in total. The first-order valence-electron chi connectivity index (χ1n) is 10.4. The lowest BCUT2D eigenvalue weighted by Gasteiger charge is -2.28. The highest BCUT2D eigenvalue weighted by molar-refractivity contribution is 5.95. The van der Waals surface area contributed by atoms with Gasteiger partial charge < -0.3 is 24.8 Å². The second-order valence-corrected chi connectivity index (χ2v) is 7.65. The van der Waals surface area contributed by atoms with Crippen LogP contribution in [-0.4, -0.2) is 31.3 Å². The van der Waals surface area contributed by atoms with Gasteiger partial charge in [0, 0.05) is 12.3 Å². The fraction of sp³-hybridized carbons (Fsp3) is 0.333. The van der Waals surface area contributed by atoms with Gasteiger partial charge in [0.15, 0.2) is 0 Å². The van der Waals surface area contributed by atoms with E-state index in [9.17, 15) is 9.59 Å². The highest BCUT2D eigenvalue weighted by Crippen LogP contribution is 2.29. The molecule has 0 spiro atoms. The summed E-state index contributed by atoms with van der Waals surface area (Å²) in [4.78, 5) is 24.9. The summed E-state index contributed by atoms with van der Waals surface area (Å²) in [5.74, 6) is 0.242. The van der Waals surface area contributed by atoms with Crippen molar-refractivity contribution in [2.45, 2.75) is 38.5 Å². The van der Waals surface area contributed by atoms with Crippen LogP contribution in [0, 0.1) is 0 Å². The molecule has 0 unspecified atom stereocenters. The largest absolute Gasteiger partial charge is 0.489 e. The molecule has 31 heavy (non-hydrogen) atoms. The van der Waals surface area contributed by atoms with Crippen molar-refractivity contribution in [3.05, 3.63) is 77.0 Å². The molecule has 0 aliphatic carbocycles. The number of urea groups is 1. The normalized spacial score (nSPS) is 20.7. The van der Waals surface area contributed by atoms with Crippen molar-refractivity contribution >= 4 is 12.0 Å². The first kappa shape index (κ1) is 20.9. The average molecular weight is 422 g/mol. The lowest BCUT2D eigenvalue weighted by molar-refractivity contribution is -0.142. The number of allylic oxidation sites excluding steroid dienone is 1. The zero-order valence-corrected chi connectivity index (χ0v) is 17.4. The molecule has 2 aliphatic rings. The number of nitrogens with one attached hydrogen (secondary N) is 2. The van der Waals surface area contributed by atoms with Gasteiger partial charge in [-0.15, -0.1) is 0 Å². The van der Waals surface area contributed by atoms with Crippen molar-refractivity contribution in [2.75, 3.05) is 13.2 Å². The van der Waals surface area contributed by atoms with Crippen LogP contribution in [0.15, 0.2) is 65.9 Å². The van der Waals surface area contributed by atoms with Crippen molar-refractivity contribution in [3.8, 4) is 5.75 Å². The minimum absolute atomic E-state index is 0.0597. The molecule has 2 aromatic rings. The molecule has 162 valence electrons. The first-order chi connectivity index (χ1) is 15.1. The Morgan fingerprint density at radius 2 is 1.90 bits per heavy atom. The molecule has 2 atom stereocenters. The van der Waals surface area contributed by atoms with Crippen LogP contribution in [0.5, 0.6) is 5.75 Å². The van der Waals surface area contributed by atoms with E-state index < -0.39 is 12.0 Å². The van der Waals surface area contributed by atoms with Crippen molar-refractivity contribution in [3.63, 3.8) is 0 Å². The SMILES string of the molecule is CC1=C(C(=O)OC[C@H]2CCCO2)[C@@H](c2ccc(OCc3ccccc3)cc2)NC(=O)N1.